The molecule has 0 amide bonds. The van der Waals surface area contributed by atoms with Crippen LogP contribution in [0, 0.1) is 0 Å². The van der Waals surface area contributed by atoms with Gasteiger partial charge in [-0.25, -0.2) is 0 Å². The molecule has 2 unspecified atom stereocenters. The van der Waals surface area contributed by atoms with Crippen LogP contribution in [-0.2, 0) is 6.42 Å². The molecule has 1 aromatic rings. The van der Waals surface area contributed by atoms with Crippen LogP contribution in [0.2, 0.25) is 0 Å². The molecule has 0 aliphatic heterocycles. The molecule has 0 bridgehead atoms. The Labute approximate surface area is 70.6 Å². The number of hydrogen-bond donors (Lipinski definition) is 2. The predicted octanol–water partition coefficient (Wildman–Crippen LogP) is 0.0126. The molecule has 0 saturated heterocycles. The van der Waals surface area contributed by atoms with Crippen LogP contribution in [-0.4, -0.2) is 21.4 Å². The van der Waals surface area contributed by atoms with Gasteiger partial charge >= 0.3 is 0 Å². The van der Waals surface area contributed by atoms with Gasteiger partial charge in [-0.3, -0.25) is 0 Å². The van der Waals surface area contributed by atoms with Gasteiger partial charge in [-0.1, -0.05) is 6.92 Å². The summed E-state index contributed by atoms with van der Waals surface area (Å²) in [6.07, 6.45) is 0.00894. The van der Waals surface area contributed by atoms with E-state index in [0.717, 1.165) is 0 Å². The maximum absolute atomic E-state index is 9.10. The minimum atomic E-state index is -0.671. The van der Waals surface area contributed by atoms with Gasteiger partial charge in [0.2, 0.25) is 11.8 Å². The molecule has 3 N–H and O–H groups in total. The summed E-state index contributed by atoms with van der Waals surface area (Å²) in [5, 5.41) is 16.5. The second kappa shape index (κ2) is 3.64. The third kappa shape index (κ3) is 1.80. The van der Waals surface area contributed by atoms with Crippen molar-refractivity contribution in [2.45, 2.75) is 32.4 Å². The molecule has 0 spiro atoms. The van der Waals surface area contributed by atoms with Crippen molar-refractivity contribution in [3.05, 3.63) is 11.8 Å². The molecule has 0 aromatic carbocycles. The van der Waals surface area contributed by atoms with Gasteiger partial charge in [-0.05, 0) is 6.92 Å². The monoisotopic (exact) mass is 171 g/mol. The van der Waals surface area contributed by atoms with Crippen molar-refractivity contribution in [1.29, 1.82) is 0 Å². The first kappa shape index (κ1) is 9.15. The van der Waals surface area contributed by atoms with E-state index in [1.807, 2.05) is 6.92 Å². The van der Waals surface area contributed by atoms with Crippen molar-refractivity contribution in [3.8, 4) is 0 Å². The summed E-state index contributed by atoms with van der Waals surface area (Å²) in [4.78, 5) is 0. The van der Waals surface area contributed by atoms with E-state index in [1.54, 1.807) is 6.92 Å². The van der Waals surface area contributed by atoms with E-state index >= 15 is 0 Å². The fourth-order valence-corrected chi connectivity index (χ4v) is 0.751. The molecule has 0 fully saturated rings. The van der Waals surface area contributed by atoms with E-state index in [2.05, 4.69) is 10.2 Å². The van der Waals surface area contributed by atoms with Gasteiger partial charge in [-0.2, -0.15) is 0 Å². The minimum Gasteiger partial charge on any atom is -0.423 e. The summed E-state index contributed by atoms with van der Waals surface area (Å²) in [5.74, 6) is 0.836. The highest BCUT2D eigenvalue weighted by molar-refractivity contribution is 4.90. The SMILES string of the molecule is CCc1nnc(C(N)C(C)O)o1. The lowest BCUT2D eigenvalue weighted by Gasteiger charge is -2.08. The van der Waals surface area contributed by atoms with Crippen molar-refractivity contribution >= 4 is 0 Å². The van der Waals surface area contributed by atoms with E-state index in [1.165, 1.54) is 0 Å². The summed E-state index contributed by atoms with van der Waals surface area (Å²) < 4.78 is 5.15. The van der Waals surface area contributed by atoms with Gasteiger partial charge in [0, 0.05) is 6.42 Å². The molecule has 1 rings (SSSR count). The largest absolute Gasteiger partial charge is 0.423 e. The number of aryl methyl sites for hydroxylation is 1. The molecular formula is C7H13N3O2. The highest BCUT2D eigenvalue weighted by Crippen LogP contribution is 2.12. The van der Waals surface area contributed by atoms with E-state index in [4.69, 9.17) is 15.3 Å². The molecule has 0 radical (unpaired) electrons. The Bertz CT molecular complexity index is 247. The molecule has 0 aliphatic carbocycles. The number of aliphatic hydroxyl groups is 1. The number of nitrogens with two attached hydrogens (primary N) is 1. The lowest BCUT2D eigenvalue weighted by Crippen LogP contribution is -2.23. The third-order valence-electron chi connectivity index (χ3n) is 1.59. The summed E-state index contributed by atoms with van der Waals surface area (Å²) >= 11 is 0. The molecule has 5 heteroatoms. The van der Waals surface area contributed by atoms with E-state index in [-0.39, 0.29) is 0 Å². The second-order valence-corrected chi connectivity index (χ2v) is 2.65. The predicted molar refractivity (Wildman–Crippen MR) is 42.3 cm³/mol. The van der Waals surface area contributed by atoms with E-state index in [9.17, 15) is 0 Å². The van der Waals surface area contributed by atoms with Crippen LogP contribution in [0.3, 0.4) is 0 Å². The van der Waals surface area contributed by atoms with Gasteiger partial charge in [0.15, 0.2) is 0 Å². The number of rotatable bonds is 3. The average molecular weight is 171 g/mol. The highest BCUT2D eigenvalue weighted by atomic mass is 16.4. The first-order valence-corrected chi connectivity index (χ1v) is 3.91. The third-order valence-corrected chi connectivity index (χ3v) is 1.59. The normalized spacial score (nSPS) is 16.0. The Morgan fingerprint density at radius 3 is 2.67 bits per heavy atom. The number of hydrogen-bond acceptors (Lipinski definition) is 5. The summed E-state index contributed by atoms with van der Waals surface area (Å²) in [5.41, 5.74) is 5.56. The van der Waals surface area contributed by atoms with E-state index < -0.39 is 12.1 Å². The van der Waals surface area contributed by atoms with Crippen LogP contribution in [0.5, 0.6) is 0 Å². The lowest BCUT2D eigenvalue weighted by molar-refractivity contribution is 0.150. The van der Waals surface area contributed by atoms with Gasteiger partial charge in [0.1, 0.15) is 6.04 Å². The number of aromatic nitrogens is 2. The minimum absolute atomic E-state index is 0.293. The van der Waals surface area contributed by atoms with Crippen LogP contribution < -0.4 is 5.73 Å². The quantitative estimate of drug-likeness (QED) is 0.669. The molecule has 1 aromatic heterocycles. The first-order valence-electron chi connectivity index (χ1n) is 3.91. The van der Waals surface area contributed by atoms with Crippen molar-refractivity contribution in [2.75, 3.05) is 0 Å². The molecule has 68 valence electrons. The number of aliphatic hydroxyl groups excluding tert-OH is 1. The molecular weight excluding hydrogens is 158 g/mol. The van der Waals surface area contributed by atoms with Crippen LogP contribution in [0.4, 0.5) is 0 Å². The molecule has 2 atom stereocenters. The zero-order chi connectivity index (χ0) is 9.14. The van der Waals surface area contributed by atoms with Crippen molar-refractivity contribution in [3.63, 3.8) is 0 Å². The second-order valence-electron chi connectivity index (χ2n) is 2.65. The maximum atomic E-state index is 9.10. The Morgan fingerprint density at radius 2 is 2.25 bits per heavy atom. The Morgan fingerprint density at radius 1 is 1.58 bits per heavy atom. The highest BCUT2D eigenvalue weighted by Gasteiger charge is 2.18. The van der Waals surface area contributed by atoms with Gasteiger partial charge in [-0.15, -0.1) is 10.2 Å². The lowest BCUT2D eigenvalue weighted by atomic mass is 10.2. The summed E-state index contributed by atoms with van der Waals surface area (Å²) in [6.45, 7) is 3.49. The summed E-state index contributed by atoms with van der Waals surface area (Å²) in [7, 11) is 0. The molecule has 1 heterocycles. The maximum Gasteiger partial charge on any atom is 0.235 e. The van der Waals surface area contributed by atoms with Gasteiger partial charge < -0.3 is 15.3 Å². The topological polar surface area (TPSA) is 85.2 Å². The zero-order valence-corrected chi connectivity index (χ0v) is 7.19. The van der Waals surface area contributed by atoms with Crippen molar-refractivity contribution < 1.29 is 9.52 Å². The average Bonchev–Trinajstić information content (AvgIpc) is 2.50. The molecule has 0 aliphatic rings. The van der Waals surface area contributed by atoms with Gasteiger partial charge in [0.25, 0.3) is 0 Å². The van der Waals surface area contributed by atoms with Crippen molar-refractivity contribution in [1.82, 2.24) is 10.2 Å². The summed E-state index contributed by atoms with van der Waals surface area (Å²) in [6, 6.07) is -0.585. The van der Waals surface area contributed by atoms with Crippen molar-refractivity contribution in [2.24, 2.45) is 5.73 Å². The Kier molecular flexibility index (Phi) is 2.78. The zero-order valence-electron chi connectivity index (χ0n) is 7.19. The van der Waals surface area contributed by atoms with Crippen LogP contribution in [0.15, 0.2) is 4.42 Å². The Balaban J connectivity index is 2.74. The van der Waals surface area contributed by atoms with Crippen LogP contribution in [0.1, 0.15) is 31.7 Å². The van der Waals surface area contributed by atoms with E-state index in [0.29, 0.717) is 18.2 Å². The fraction of sp³-hybridized carbons (Fsp3) is 0.714. The standard InChI is InChI=1S/C7H13N3O2/c1-3-5-9-10-7(12-5)6(8)4(2)11/h4,6,11H,3,8H2,1-2H3. The fourth-order valence-electron chi connectivity index (χ4n) is 0.751. The molecule has 5 nitrogen and oxygen atoms in total. The molecule has 0 saturated carbocycles. The first-order chi connectivity index (χ1) is 5.65. The molecule has 12 heavy (non-hydrogen) atoms. The smallest absolute Gasteiger partial charge is 0.235 e. The number of nitrogens with zero attached hydrogens (tertiary/aromatic N) is 2. The van der Waals surface area contributed by atoms with Gasteiger partial charge in [0.05, 0.1) is 6.10 Å². The van der Waals surface area contributed by atoms with Crippen LogP contribution >= 0.6 is 0 Å². The van der Waals surface area contributed by atoms with Crippen LogP contribution in [0.25, 0.3) is 0 Å². The Hall–Kier alpha value is -0.940.